The van der Waals surface area contributed by atoms with E-state index in [-0.39, 0.29) is 17.7 Å². The average molecular weight is 286 g/mol. The van der Waals surface area contributed by atoms with Gasteiger partial charge in [-0.15, -0.1) is 0 Å². The van der Waals surface area contributed by atoms with E-state index in [1.807, 2.05) is 0 Å². The summed E-state index contributed by atoms with van der Waals surface area (Å²) in [6.07, 6.45) is -3.61. The third-order valence-electron chi connectivity index (χ3n) is 3.45. The van der Waals surface area contributed by atoms with Gasteiger partial charge in [-0.1, -0.05) is 0 Å². The first-order valence-electron chi connectivity index (χ1n) is 6.21. The van der Waals surface area contributed by atoms with Crippen molar-refractivity contribution in [2.24, 2.45) is 0 Å². The maximum absolute atomic E-state index is 12.6. The van der Waals surface area contributed by atoms with E-state index in [1.165, 1.54) is 6.07 Å². The average Bonchev–Trinajstić information content (AvgIpc) is 3.02. The first kappa shape index (κ1) is 13.4. The van der Waals surface area contributed by atoms with Gasteiger partial charge in [0, 0.05) is 13.7 Å². The molecular formula is C13H13F3N2O2. The fourth-order valence-electron chi connectivity index (χ4n) is 2.34. The lowest BCUT2D eigenvalue weighted by Gasteiger charge is -2.04. The number of benzene rings is 1. The number of hydrogen-bond donors (Lipinski definition) is 1. The quantitative estimate of drug-likeness (QED) is 0.922. The minimum absolute atomic E-state index is 0.0701. The number of fused-ring (bicyclic) bond motifs is 1. The van der Waals surface area contributed by atoms with Gasteiger partial charge in [-0.2, -0.15) is 13.2 Å². The van der Waals surface area contributed by atoms with Crippen molar-refractivity contribution in [1.29, 1.82) is 0 Å². The fourth-order valence-corrected chi connectivity index (χ4v) is 2.34. The van der Waals surface area contributed by atoms with E-state index >= 15 is 0 Å². The van der Waals surface area contributed by atoms with E-state index in [9.17, 15) is 13.2 Å². The van der Waals surface area contributed by atoms with Crippen LogP contribution in [0.5, 0.6) is 0 Å². The minimum Gasteiger partial charge on any atom is -0.439 e. The second kappa shape index (κ2) is 4.75. The number of aromatic nitrogens is 1. The van der Waals surface area contributed by atoms with Gasteiger partial charge < -0.3 is 14.5 Å². The Morgan fingerprint density at radius 3 is 2.85 bits per heavy atom. The van der Waals surface area contributed by atoms with Crippen LogP contribution in [0.2, 0.25) is 0 Å². The molecule has 108 valence electrons. The Labute approximate surface area is 112 Å². The first-order valence-corrected chi connectivity index (χ1v) is 6.21. The highest BCUT2D eigenvalue weighted by atomic mass is 19.4. The molecular weight excluding hydrogens is 273 g/mol. The lowest BCUT2D eigenvalue weighted by atomic mass is 10.2. The number of oxazole rings is 1. The van der Waals surface area contributed by atoms with E-state index in [0.29, 0.717) is 24.4 Å². The summed E-state index contributed by atoms with van der Waals surface area (Å²) >= 11 is 0. The molecule has 1 aromatic carbocycles. The fraction of sp³-hybridized carbons (Fsp3) is 0.462. The van der Waals surface area contributed by atoms with Crippen LogP contribution in [0, 0.1) is 0 Å². The van der Waals surface area contributed by atoms with Gasteiger partial charge in [0.05, 0.1) is 17.7 Å². The summed E-state index contributed by atoms with van der Waals surface area (Å²) in [4.78, 5) is 4.15. The second-order valence-corrected chi connectivity index (χ2v) is 4.79. The number of ether oxygens (including phenoxy) is 1. The van der Waals surface area contributed by atoms with Gasteiger partial charge in [0.15, 0.2) is 5.58 Å². The maximum Gasteiger partial charge on any atom is 0.416 e. The van der Waals surface area contributed by atoms with Gasteiger partial charge in [-0.25, -0.2) is 4.98 Å². The Balaban J connectivity index is 1.91. The highest BCUT2D eigenvalue weighted by Crippen LogP contribution is 2.33. The largest absolute Gasteiger partial charge is 0.439 e. The van der Waals surface area contributed by atoms with Gasteiger partial charge in [0.2, 0.25) is 5.89 Å². The van der Waals surface area contributed by atoms with Gasteiger partial charge in [-0.05, 0) is 24.6 Å². The Bertz CT molecular complexity index is 624. The van der Waals surface area contributed by atoms with Gasteiger partial charge in [0.1, 0.15) is 5.52 Å². The van der Waals surface area contributed by atoms with Crippen LogP contribution in [-0.4, -0.2) is 24.7 Å². The molecule has 0 saturated carbocycles. The smallest absolute Gasteiger partial charge is 0.416 e. The SMILES string of the molecule is COC1CNC(c2nc3cc(C(F)(F)F)ccc3o2)C1. The van der Waals surface area contributed by atoms with Gasteiger partial charge in [-0.3, -0.25) is 0 Å². The van der Waals surface area contributed by atoms with Crippen LogP contribution < -0.4 is 5.32 Å². The molecule has 1 fully saturated rings. The summed E-state index contributed by atoms with van der Waals surface area (Å²) in [6, 6.07) is 3.18. The predicted octanol–water partition coefficient (Wildman–Crippen LogP) is 2.90. The molecule has 0 spiro atoms. The first-order chi connectivity index (χ1) is 9.47. The van der Waals surface area contributed by atoms with Crippen molar-refractivity contribution in [3.63, 3.8) is 0 Å². The van der Waals surface area contributed by atoms with Crippen LogP contribution in [0.4, 0.5) is 13.2 Å². The van der Waals surface area contributed by atoms with Crippen LogP contribution in [0.3, 0.4) is 0 Å². The van der Waals surface area contributed by atoms with Crippen LogP contribution in [0.15, 0.2) is 22.6 Å². The molecule has 20 heavy (non-hydrogen) atoms. The molecule has 1 saturated heterocycles. The number of hydrogen-bond acceptors (Lipinski definition) is 4. The summed E-state index contributed by atoms with van der Waals surface area (Å²) in [7, 11) is 1.62. The number of halogens is 3. The van der Waals surface area contributed by atoms with Crippen molar-refractivity contribution in [2.75, 3.05) is 13.7 Å². The second-order valence-electron chi connectivity index (χ2n) is 4.79. The summed E-state index contributed by atoms with van der Waals surface area (Å²) in [5, 5.41) is 3.18. The van der Waals surface area contributed by atoms with Crippen LogP contribution in [0.25, 0.3) is 11.1 Å². The van der Waals surface area contributed by atoms with Gasteiger partial charge >= 0.3 is 6.18 Å². The van der Waals surface area contributed by atoms with Crippen molar-refractivity contribution in [3.8, 4) is 0 Å². The Morgan fingerprint density at radius 2 is 2.20 bits per heavy atom. The third-order valence-corrected chi connectivity index (χ3v) is 3.45. The molecule has 2 heterocycles. The van der Waals surface area contributed by atoms with E-state index in [0.717, 1.165) is 12.1 Å². The lowest BCUT2D eigenvalue weighted by Crippen LogP contribution is -2.16. The molecule has 0 aliphatic carbocycles. The lowest BCUT2D eigenvalue weighted by molar-refractivity contribution is -0.137. The number of alkyl halides is 3. The zero-order valence-corrected chi connectivity index (χ0v) is 10.7. The molecule has 0 bridgehead atoms. The standard InChI is InChI=1S/C13H13F3N2O2/c1-19-8-5-10(17-6-8)12-18-9-4-7(13(14,15)16)2-3-11(9)20-12/h2-4,8,10,17H,5-6H2,1H3. The number of nitrogens with zero attached hydrogens (tertiary/aromatic N) is 1. The van der Waals surface area contributed by atoms with Crippen molar-refractivity contribution in [1.82, 2.24) is 10.3 Å². The molecule has 1 aromatic heterocycles. The van der Waals surface area contributed by atoms with Crippen molar-refractivity contribution in [2.45, 2.75) is 24.7 Å². The van der Waals surface area contributed by atoms with Crippen molar-refractivity contribution in [3.05, 3.63) is 29.7 Å². The minimum atomic E-state index is -4.37. The van der Waals surface area contributed by atoms with E-state index in [2.05, 4.69) is 10.3 Å². The van der Waals surface area contributed by atoms with Crippen LogP contribution in [-0.2, 0) is 10.9 Å². The molecule has 3 rings (SSSR count). The maximum atomic E-state index is 12.6. The Kier molecular flexibility index (Phi) is 3.18. The molecule has 2 unspecified atom stereocenters. The van der Waals surface area contributed by atoms with Crippen LogP contribution >= 0.6 is 0 Å². The molecule has 1 N–H and O–H groups in total. The Hall–Kier alpha value is -1.60. The highest BCUT2D eigenvalue weighted by Gasteiger charge is 2.32. The molecule has 7 heteroatoms. The summed E-state index contributed by atoms with van der Waals surface area (Å²) in [5.41, 5.74) is -0.146. The summed E-state index contributed by atoms with van der Waals surface area (Å²) < 4.78 is 48.6. The van der Waals surface area contributed by atoms with E-state index in [4.69, 9.17) is 9.15 Å². The van der Waals surface area contributed by atoms with Crippen LogP contribution in [0.1, 0.15) is 23.9 Å². The molecule has 0 amide bonds. The summed E-state index contributed by atoms with van der Waals surface area (Å²) in [6.45, 7) is 0.674. The topological polar surface area (TPSA) is 47.3 Å². The van der Waals surface area contributed by atoms with Crippen molar-refractivity contribution < 1.29 is 22.3 Å². The van der Waals surface area contributed by atoms with Gasteiger partial charge in [0.25, 0.3) is 0 Å². The molecule has 1 aliphatic heterocycles. The number of rotatable bonds is 2. The number of methoxy groups -OCH3 is 1. The molecule has 2 atom stereocenters. The van der Waals surface area contributed by atoms with Crippen molar-refractivity contribution >= 4 is 11.1 Å². The predicted molar refractivity (Wildman–Crippen MR) is 65.2 cm³/mol. The normalized spacial score (nSPS) is 23.6. The summed E-state index contributed by atoms with van der Waals surface area (Å²) in [5.74, 6) is 0.402. The zero-order valence-electron chi connectivity index (χ0n) is 10.7. The van der Waals surface area contributed by atoms with E-state index in [1.54, 1.807) is 7.11 Å². The molecule has 0 radical (unpaired) electrons. The van der Waals surface area contributed by atoms with E-state index < -0.39 is 11.7 Å². The molecule has 2 aromatic rings. The Morgan fingerprint density at radius 1 is 1.40 bits per heavy atom. The highest BCUT2D eigenvalue weighted by molar-refractivity contribution is 5.73. The zero-order chi connectivity index (χ0) is 14.3. The third kappa shape index (κ3) is 2.38. The monoisotopic (exact) mass is 286 g/mol. The molecule has 4 nitrogen and oxygen atoms in total. The number of nitrogens with one attached hydrogen (secondary N) is 1. The molecule has 1 aliphatic rings.